The van der Waals surface area contributed by atoms with Gasteiger partial charge in [-0.25, -0.2) is 15.0 Å². The van der Waals surface area contributed by atoms with Crippen molar-refractivity contribution in [2.75, 3.05) is 0 Å². The van der Waals surface area contributed by atoms with E-state index in [0.717, 1.165) is 27.8 Å². The van der Waals surface area contributed by atoms with Crippen molar-refractivity contribution in [2.45, 2.75) is 5.51 Å². The lowest BCUT2D eigenvalue weighted by molar-refractivity contribution is -0.0510. The molecule has 0 saturated heterocycles. The third kappa shape index (κ3) is 6.83. The fourth-order valence-corrected chi connectivity index (χ4v) is 3.46. The molecule has 39 heavy (non-hydrogen) atoms. The first-order valence-corrected chi connectivity index (χ1v) is 12.8. The summed E-state index contributed by atoms with van der Waals surface area (Å²) in [5, 5.41) is 10.4. The Morgan fingerprint density at radius 1 is 0.564 bits per heavy atom. The van der Waals surface area contributed by atoms with Gasteiger partial charge in [-0.1, -0.05) is 91.0 Å². The number of rotatable bonds is 4. The number of aromatic nitrogens is 3. The van der Waals surface area contributed by atoms with Crippen molar-refractivity contribution in [1.29, 1.82) is 0 Å². The van der Waals surface area contributed by atoms with Crippen LogP contribution >= 0.6 is 0 Å². The van der Waals surface area contributed by atoms with E-state index in [-0.39, 0.29) is 5.75 Å². The second-order valence-corrected chi connectivity index (χ2v) is 9.47. The molecule has 0 saturated carbocycles. The highest BCUT2D eigenvalue weighted by Gasteiger charge is 2.44. The minimum Gasteiger partial charge on any atom is -0.507 e. The molecule has 0 amide bonds. The molecule has 0 aliphatic carbocycles. The van der Waals surface area contributed by atoms with Crippen molar-refractivity contribution in [3.8, 4) is 51.0 Å². The van der Waals surface area contributed by atoms with E-state index in [1.807, 2.05) is 103 Å². The molecule has 5 rings (SSSR count). The smallest absolute Gasteiger partial charge is 0.507 e. The van der Waals surface area contributed by atoms with Crippen molar-refractivity contribution in [3.63, 3.8) is 0 Å². The summed E-state index contributed by atoms with van der Waals surface area (Å²) in [6.07, 6.45) is 0. The summed E-state index contributed by atoms with van der Waals surface area (Å²) in [6.45, 7) is 0. The Labute approximate surface area is 222 Å². The lowest BCUT2D eigenvalue weighted by Crippen LogP contribution is -2.21. The highest BCUT2D eigenvalue weighted by molar-refractivity contribution is 7.86. The van der Waals surface area contributed by atoms with Crippen molar-refractivity contribution in [3.05, 3.63) is 109 Å². The number of phenols is 1. The predicted octanol–water partition coefficient (Wildman–Crippen LogP) is 6.64. The lowest BCUT2D eigenvalue weighted by atomic mass is 10.0. The average molecular weight is 552 g/mol. The summed E-state index contributed by atoms with van der Waals surface area (Å²) < 4.78 is 57.5. The largest absolute Gasteiger partial charge is 0.522 e. The van der Waals surface area contributed by atoms with Gasteiger partial charge in [0.15, 0.2) is 17.5 Å². The molecule has 0 spiro atoms. The van der Waals surface area contributed by atoms with E-state index in [4.69, 9.17) is 27.9 Å². The van der Waals surface area contributed by atoms with Gasteiger partial charge in [0.25, 0.3) is 0 Å². The summed E-state index contributed by atoms with van der Waals surface area (Å²) in [7, 11) is -5.84. The Morgan fingerprint density at radius 2 is 0.923 bits per heavy atom. The van der Waals surface area contributed by atoms with Crippen LogP contribution in [0.4, 0.5) is 13.2 Å². The van der Waals surface area contributed by atoms with Gasteiger partial charge in [0.1, 0.15) is 5.75 Å². The lowest BCUT2D eigenvalue weighted by Gasteiger charge is -2.10. The average Bonchev–Trinajstić information content (AvgIpc) is 2.94. The molecule has 4 aromatic carbocycles. The van der Waals surface area contributed by atoms with Crippen LogP contribution in [-0.4, -0.2) is 38.5 Å². The van der Waals surface area contributed by atoms with Crippen molar-refractivity contribution >= 4 is 10.1 Å². The van der Waals surface area contributed by atoms with Gasteiger partial charge in [-0.15, -0.1) is 0 Å². The van der Waals surface area contributed by atoms with E-state index >= 15 is 0 Å². The molecular formula is C28H20F3N3O4S. The summed E-state index contributed by atoms with van der Waals surface area (Å²) >= 11 is 0. The highest BCUT2D eigenvalue weighted by atomic mass is 32.2. The van der Waals surface area contributed by atoms with Crippen LogP contribution in [0.25, 0.3) is 45.3 Å². The molecule has 0 radical (unpaired) electrons. The first-order chi connectivity index (χ1) is 18.5. The van der Waals surface area contributed by atoms with Crippen LogP contribution < -0.4 is 0 Å². The Balaban J connectivity index is 0.000000386. The number of halogens is 3. The fraction of sp³-hybridized carbons (Fsp3) is 0.0357. The second-order valence-electron chi connectivity index (χ2n) is 8.06. The van der Waals surface area contributed by atoms with Crippen LogP contribution in [-0.2, 0) is 10.1 Å². The fourth-order valence-electron chi connectivity index (χ4n) is 3.46. The van der Waals surface area contributed by atoms with E-state index in [9.17, 15) is 18.3 Å². The Hall–Kier alpha value is -4.61. The number of phenolic OH excluding ortho intramolecular Hbond substituents is 1. The van der Waals surface area contributed by atoms with Gasteiger partial charge in [-0.3, -0.25) is 4.55 Å². The summed E-state index contributed by atoms with van der Waals surface area (Å²) in [4.78, 5) is 14.2. The number of hydrogen-bond acceptors (Lipinski definition) is 6. The molecule has 0 atom stereocenters. The van der Waals surface area contributed by atoms with Crippen LogP contribution in [0.5, 0.6) is 5.75 Å². The minimum atomic E-state index is -5.84. The van der Waals surface area contributed by atoms with Gasteiger partial charge in [0.05, 0.1) is 0 Å². The van der Waals surface area contributed by atoms with Gasteiger partial charge >= 0.3 is 15.6 Å². The van der Waals surface area contributed by atoms with Gasteiger partial charge in [-0.2, -0.15) is 21.6 Å². The van der Waals surface area contributed by atoms with Crippen molar-refractivity contribution < 1.29 is 31.2 Å². The molecular weight excluding hydrogens is 531 g/mol. The number of nitrogens with zero attached hydrogens (tertiary/aromatic N) is 3. The molecule has 1 heterocycles. The second kappa shape index (κ2) is 11.4. The number of aromatic hydroxyl groups is 1. The summed E-state index contributed by atoms with van der Waals surface area (Å²) in [6, 6.07) is 35.0. The number of benzene rings is 4. The van der Waals surface area contributed by atoms with Crippen LogP contribution in [0.1, 0.15) is 0 Å². The first kappa shape index (κ1) is 27.4. The van der Waals surface area contributed by atoms with Crippen molar-refractivity contribution in [1.82, 2.24) is 15.0 Å². The molecule has 0 unspecified atom stereocenters. The van der Waals surface area contributed by atoms with Crippen LogP contribution in [0.15, 0.2) is 109 Å². The first-order valence-electron chi connectivity index (χ1n) is 11.3. The summed E-state index contributed by atoms with van der Waals surface area (Å²) in [5.74, 6) is 2.00. The van der Waals surface area contributed by atoms with Crippen LogP contribution in [0, 0.1) is 0 Å². The zero-order valence-corrected chi connectivity index (χ0v) is 20.8. The van der Waals surface area contributed by atoms with E-state index in [1.54, 1.807) is 6.07 Å². The SMILES string of the molecule is O=S(=O)(O)C(F)(F)F.Oc1ccc(-c2nc(-c3ccccc3)nc(-c3ccccc3)n2)cc1-c1ccccc1. The number of hydrogen-bond donors (Lipinski definition) is 2. The molecule has 5 aromatic rings. The minimum absolute atomic E-state index is 0.218. The van der Waals surface area contributed by atoms with Gasteiger partial charge < -0.3 is 5.11 Å². The third-order valence-electron chi connectivity index (χ3n) is 5.33. The maximum absolute atomic E-state index is 10.7. The standard InChI is InChI=1S/C27H19N3O.CHF3O3S/c31-24-17-16-22(18-23(24)19-10-4-1-5-11-19)27-29-25(20-12-6-2-7-13-20)28-26(30-27)21-14-8-3-9-15-21;2-1(3,4)8(5,6)7/h1-18,31H;(H,5,6,7). The predicted molar refractivity (Wildman–Crippen MR) is 141 cm³/mol. The Bertz CT molecular complexity index is 1610. The van der Waals surface area contributed by atoms with Crippen LogP contribution in [0.2, 0.25) is 0 Å². The van der Waals surface area contributed by atoms with E-state index < -0.39 is 15.6 Å². The van der Waals surface area contributed by atoms with Crippen molar-refractivity contribution in [2.24, 2.45) is 0 Å². The topological polar surface area (TPSA) is 113 Å². The zero-order chi connectivity index (χ0) is 28.0. The third-order valence-corrected chi connectivity index (χ3v) is 5.92. The normalized spacial score (nSPS) is 11.4. The van der Waals surface area contributed by atoms with E-state index in [0.29, 0.717) is 17.5 Å². The molecule has 0 aliphatic heterocycles. The zero-order valence-electron chi connectivity index (χ0n) is 20.0. The highest BCUT2D eigenvalue weighted by Crippen LogP contribution is 2.33. The quantitative estimate of drug-likeness (QED) is 0.190. The summed E-state index contributed by atoms with van der Waals surface area (Å²) in [5.41, 5.74) is -1.21. The molecule has 198 valence electrons. The molecule has 11 heteroatoms. The van der Waals surface area contributed by atoms with E-state index in [1.165, 1.54) is 0 Å². The number of alkyl halides is 3. The molecule has 0 fully saturated rings. The van der Waals surface area contributed by atoms with E-state index in [2.05, 4.69) is 0 Å². The van der Waals surface area contributed by atoms with Gasteiger partial charge in [0, 0.05) is 22.3 Å². The maximum Gasteiger partial charge on any atom is 0.522 e. The van der Waals surface area contributed by atoms with Gasteiger partial charge in [-0.05, 0) is 23.8 Å². The Morgan fingerprint density at radius 3 is 1.31 bits per heavy atom. The molecule has 1 aromatic heterocycles. The molecule has 7 nitrogen and oxygen atoms in total. The molecule has 0 bridgehead atoms. The Kier molecular flexibility index (Phi) is 8.03. The molecule has 0 aliphatic rings. The maximum atomic E-state index is 10.7. The monoisotopic (exact) mass is 551 g/mol. The molecule has 2 N–H and O–H groups in total. The van der Waals surface area contributed by atoms with Crippen LogP contribution in [0.3, 0.4) is 0 Å². The van der Waals surface area contributed by atoms with Gasteiger partial charge in [0.2, 0.25) is 0 Å².